The van der Waals surface area contributed by atoms with Crippen LogP contribution in [-0.4, -0.2) is 35.9 Å². The van der Waals surface area contributed by atoms with Crippen LogP contribution in [0.4, 0.5) is 10.1 Å². The van der Waals surface area contributed by atoms with E-state index in [0.717, 1.165) is 25.0 Å². The first-order valence-corrected chi connectivity index (χ1v) is 8.56. The summed E-state index contributed by atoms with van der Waals surface area (Å²) in [5.41, 5.74) is 0.633. The highest BCUT2D eigenvalue weighted by atomic mass is 32.2. The van der Waals surface area contributed by atoms with Crippen LogP contribution < -0.4 is 10.2 Å². The van der Waals surface area contributed by atoms with Gasteiger partial charge in [-0.15, -0.1) is 11.8 Å². The van der Waals surface area contributed by atoms with Gasteiger partial charge in [0.15, 0.2) is 0 Å². The van der Waals surface area contributed by atoms with E-state index in [9.17, 15) is 14.0 Å². The molecule has 0 bridgehead atoms. The monoisotopic (exact) mass is 324 g/mol. The molecule has 6 heteroatoms. The van der Waals surface area contributed by atoms with Gasteiger partial charge < -0.3 is 10.2 Å². The Kier molecular flexibility index (Phi) is 6.24. The van der Waals surface area contributed by atoms with E-state index in [0.29, 0.717) is 18.8 Å². The number of carbonyl (C=O) groups is 2. The molecule has 1 atom stereocenters. The second kappa shape index (κ2) is 8.17. The minimum absolute atomic E-state index is 0.0315. The molecule has 2 rings (SSSR count). The number of hydrogen-bond acceptors (Lipinski definition) is 3. The summed E-state index contributed by atoms with van der Waals surface area (Å²) >= 11 is 1.62. The number of nitrogens with one attached hydrogen (secondary N) is 1. The molecule has 0 aliphatic carbocycles. The number of carbonyl (C=O) groups excluding carboxylic acids is 2. The minimum Gasteiger partial charge on any atom is -0.356 e. The predicted molar refractivity (Wildman–Crippen MR) is 87.5 cm³/mol. The SMILES string of the molecule is CC(=O)NCCCSC1CCCN(c2cccc(F)c2)C1=O. The summed E-state index contributed by atoms with van der Waals surface area (Å²) in [5, 5.41) is 2.67. The lowest BCUT2D eigenvalue weighted by Gasteiger charge is -2.32. The third-order valence-corrected chi connectivity index (χ3v) is 4.89. The molecule has 22 heavy (non-hydrogen) atoms. The largest absolute Gasteiger partial charge is 0.356 e. The summed E-state index contributed by atoms with van der Waals surface area (Å²) in [5.74, 6) is 0.529. The van der Waals surface area contributed by atoms with Gasteiger partial charge in [-0.05, 0) is 43.2 Å². The van der Waals surface area contributed by atoms with Gasteiger partial charge in [0.1, 0.15) is 5.82 Å². The van der Waals surface area contributed by atoms with Crippen LogP contribution in [-0.2, 0) is 9.59 Å². The Bertz CT molecular complexity index is 539. The summed E-state index contributed by atoms with van der Waals surface area (Å²) in [6.45, 7) is 2.77. The number of benzene rings is 1. The van der Waals surface area contributed by atoms with Crippen molar-refractivity contribution < 1.29 is 14.0 Å². The summed E-state index contributed by atoms with van der Waals surface area (Å²) in [6, 6.07) is 6.18. The Morgan fingerprint density at radius 3 is 3.05 bits per heavy atom. The molecule has 1 N–H and O–H groups in total. The van der Waals surface area contributed by atoms with Gasteiger partial charge in [-0.1, -0.05) is 6.07 Å². The van der Waals surface area contributed by atoms with Crippen LogP contribution in [0.2, 0.25) is 0 Å². The van der Waals surface area contributed by atoms with Crippen LogP contribution in [0.3, 0.4) is 0 Å². The van der Waals surface area contributed by atoms with Crippen molar-refractivity contribution in [2.45, 2.75) is 31.4 Å². The Balaban J connectivity index is 1.86. The molecule has 2 amide bonds. The number of nitrogens with zero attached hydrogens (tertiary/aromatic N) is 1. The van der Waals surface area contributed by atoms with Crippen molar-refractivity contribution in [3.8, 4) is 0 Å². The van der Waals surface area contributed by atoms with Gasteiger partial charge in [0.05, 0.1) is 5.25 Å². The Labute approximate surface area is 134 Å². The Morgan fingerprint density at radius 2 is 2.32 bits per heavy atom. The number of anilines is 1. The van der Waals surface area contributed by atoms with Gasteiger partial charge in [0.2, 0.25) is 11.8 Å². The standard InChI is InChI=1S/C16H21FN2O2S/c1-12(20)18-8-4-10-22-15-7-3-9-19(16(15)21)14-6-2-5-13(17)11-14/h2,5-6,11,15H,3-4,7-10H2,1H3,(H,18,20). The van der Waals surface area contributed by atoms with Gasteiger partial charge in [-0.2, -0.15) is 0 Å². The normalized spacial score (nSPS) is 18.4. The Morgan fingerprint density at radius 1 is 1.50 bits per heavy atom. The first kappa shape index (κ1) is 16.8. The highest BCUT2D eigenvalue weighted by Gasteiger charge is 2.29. The highest BCUT2D eigenvalue weighted by molar-refractivity contribution is 8.00. The molecule has 1 saturated heterocycles. The van der Waals surface area contributed by atoms with Crippen LogP contribution in [0.25, 0.3) is 0 Å². The van der Waals surface area contributed by atoms with Crippen molar-refractivity contribution in [1.29, 1.82) is 0 Å². The third-order valence-electron chi connectivity index (χ3n) is 3.52. The maximum absolute atomic E-state index is 13.3. The molecule has 1 aliphatic rings. The van der Waals surface area contributed by atoms with Crippen molar-refractivity contribution >= 4 is 29.3 Å². The lowest BCUT2D eigenvalue weighted by atomic mass is 10.1. The first-order chi connectivity index (χ1) is 10.6. The van der Waals surface area contributed by atoms with E-state index in [1.54, 1.807) is 28.8 Å². The molecular weight excluding hydrogens is 303 g/mol. The average Bonchev–Trinajstić information content (AvgIpc) is 2.48. The molecule has 1 aromatic carbocycles. The van der Waals surface area contributed by atoms with Gasteiger partial charge in [0, 0.05) is 25.7 Å². The van der Waals surface area contributed by atoms with Gasteiger partial charge in [-0.3, -0.25) is 9.59 Å². The van der Waals surface area contributed by atoms with Crippen LogP contribution in [0.15, 0.2) is 24.3 Å². The van der Waals surface area contributed by atoms with Crippen molar-refractivity contribution in [2.75, 3.05) is 23.7 Å². The lowest BCUT2D eigenvalue weighted by molar-refractivity contribution is -0.119. The second-order valence-corrected chi connectivity index (χ2v) is 6.62. The van der Waals surface area contributed by atoms with Crippen molar-refractivity contribution in [3.63, 3.8) is 0 Å². The molecule has 0 spiro atoms. The topological polar surface area (TPSA) is 49.4 Å². The minimum atomic E-state index is -0.324. The van der Waals surface area contributed by atoms with Crippen molar-refractivity contribution in [3.05, 3.63) is 30.1 Å². The molecular formula is C16H21FN2O2S. The fourth-order valence-electron chi connectivity index (χ4n) is 2.46. The molecule has 120 valence electrons. The second-order valence-electron chi connectivity index (χ2n) is 5.31. The van der Waals surface area contributed by atoms with Gasteiger partial charge in [-0.25, -0.2) is 4.39 Å². The third kappa shape index (κ3) is 4.73. The average molecular weight is 324 g/mol. The lowest BCUT2D eigenvalue weighted by Crippen LogP contribution is -2.43. The quantitative estimate of drug-likeness (QED) is 0.818. The van der Waals surface area contributed by atoms with E-state index < -0.39 is 0 Å². The molecule has 1 aliphatic heterocycles. The first-order valence-electron chi connectivity index (χ1n) is 7.51. The van der Waals surface area contributed by atoms with E-state index in [4.69, 9.17) is 0 Å². The van der Waals surface area contributed by atoms with Crippen molar-refractivity contribution in [2.24, 2.45) is 0 Å². The van der Waals surface area contributed by atoms with Crippen LogP contribution in [0, 0.1) is 5.82 Å². The summed E-state index contributed by atoms with van der Waals surface area (Å²) < 4.78 is 13.3. The highest BCUT2D eigenvalue weighted by Crippen LogP contribution is 2.28. The molecule has 1 fully saturated rings. The fourth-order valence-corrected chi connectivity index (χ4v) is 3.66. The number of hydrogen-bond donors (Lipinski definition) is 1. The van der Waals surface area contributed by atoms with Gasteiger partial charge in [0.25, 0.3) is 0 Å². The smallest absolute Gasteiger partial charge is 0.240 e. The number of halogens is 1. The molecule has 0 saturated carbocycles. The molecule has 1 heterocycles. The number of piperidine rings is 1. The summed E-state index contributed by atoms with van der Waals surface area (Å²) in [7, 11) is 0. The summed E-state index contributed by atoms with van der Waals surface area (Å²) in [4.78, 5) is 25.0. The zero-order valence-corrected chi connectivity index (χ0v) is 13.5. The van der Waals surface area contributed by atoms with E-state index >= 15 is 0 Å². The molecule has 4 nitrogen and oxygen atoms in total. The maximum atomic E-state index is 13.3. The summed E-state index contributed by atoms with van der Waals surface area (Å²) in [6.07, 6.45) is 2.62. The zero-order valence-electron chi connectivity index (χ0n) is 12.7. The maximum Gasteiger partial charge on any atom is 0.240 e. The number of rotatable bonds is 6. The van der Waals surface area contributed by atoms with Crippen LogP contribution >= 0.6 is 11.8 Å². The number of amides is 2. The van der Waals surface area contributed by atoms with Crippen molar-refractivity contribution in [1.82, 2.24) is 5.32 Å². The molecule has 1 unspecified atom stereocenters. The van der Waals surface area contributed by atoms with E-state index in [2.05, 4.69) is 5.32 Å². The van der Waals surface area contributed by atoms with Crippen LogP contribution in [0.1, 0.15) is 26.2 Å². The van der Waals surface area contributed by atoms with Gasteiger partial charge >= 0.3 is 0 Å². The predicted octanol–water partition coefficient (Wildman–Crippen LogP) is 2.58. The Hall–Kier alpha value is -1.56. The van der Waals surface area contributed by atoms with E-state index in [1.165, 1.54) is 19.1 Å². The fraction of sp³-hybridized carbons (Fsp3) is 0.500. The van der Waals surface area contributed by atoms with E-state index in [1.807, 2.05) is 0 Å². The number of thioether (sulfide) groups is 1. The van der Waals surface area contributed by atoms with E-state index in [-0.39, 0.29) is 22.9 Å². The zero-order chi connectivity index (χ0) is 15.9. The molecule has 0 aromatic heterocycles. The molecule has 0 radical (unpaired) electrons. The van der Waals surface area contributed by atoms with Crippen LogP contribution in [0.5, 0.6) is 0 Å². The molecule has 1 aromatic rings.